The SMILES string of the molecule is O=C1Cc2ccc(C(=O)CCN3CCN(C(=O)OC(c4ccccc4)c4ccccc4)CC3)cc2O1. The largest absolute Gasteiger partial charge is 0.436 e. The summed E-state index contributed by atoms with van der Waals surface area (Å²) in [7, 11) is 0. The lowest BCUT2D eigenvalue weighted by molar-refractivity contribution is -0.131. The van der Waals surface area contributed by atoms with Crippen molar-refractivity contribution in [1.29, 1.82) is 0 Å². The number of piperazine rings is 1. The highest BCUT2D eigenvalue weighted by atomic mass is 16.6. The average Bonchev–Trinajstić information content (AvgIpc) is 3.30. The van der Waals surface area contributed by atoms with Crippen LogP contribution in [-0.4, -0.2) is 60.4 Å². The smallest absolute Gasteiger partial charge is 0.410 e. The van der Waals surface area contributed by atoms with Gasteiger partial charge in [0.1, 0.15) is 5.75 Å². The van der Waals surface area contributed by atoms with Crippen molar-refractivity contribution in [2.45, 2.75) is 18.9 Å². The van der Waals surface area contributed by atoms with Gasteiger partial charge in [0.2, 0.25) is 0 Å². The van der Waals surface area contributed by atoms with Gasteiger partial charge in [-0.2, -0.15) is 0 Å². The fourth-order valence-electron chi connectivity index (χ4n) is 4.60. The molecule has 0 aromatic heterocycles. The van der Waals surface area contributed by atoms with Gasteiger partial charge in [0.15, 0.2) is 11.9 Å². The maximum absolute atomic E-state index is 13.0. The van der Waals surface area contributed by atoms with E-state index in [1.54, 1.807) is 23.1 Å². The Balaban J connectivity index is 1.13. The zero-order valence-electron chi connectivity index (χ0n) is 20.0. The highest BCUT2D eigenvalue weighted by Gasteiger charge is 2.27. The van der Waals surface area contributed by atoms with E-state index < -0.39 is 6.10 Å². The average molecular weight is 485 g/mol. The van der Waals surface area contributed by atoms with Gasteiger partial charge in [0.25, 0.3) is 0 Å². The fourth-order valence-corrected chi connectivity index (χ4v) is 4.60. The first-order valence-corrected chi connectivity index (χ1v) is 12.2. The molecule has 3 aromatic rings. The summed E-state index contributed by atoms with van der Waals surface area (Å²) in [5.41, 5.74) is 3.23. The summed E-state index contributed by atoms with van der Waals surface area (Å²) in [6.07, 6.45) is -0.187. The molecule has 5 rings (SSSR count). The third-order valence-corrected chi connectivity index (χ3v) is 6.66. The quantitative estimate of drug-likeness (QED) is 0.283. The van der Waals surface area contributed by atoms with Crippen LogP contribution < -0.4 is 4.74 Å². The molecule has 0 saturated carbocycles. The van der Waals surface area contributed by atoms with Crippen LogP contribution in [0.4, 0.5) is 4.79 Å². The first-order chi connectivity index (χ1) is 17.6. The van der Waals surface area contributed by atoms with Crippen LogP contribution in [0.15, 0.2) is 78.9 Å². The minimum absolute atomic E-state index is 0.0103. The molecule has 2 aliphatic heterocycles. The molecule has 0 atom stereocenters. The summed E-state index contributed by atoms with van der Waals surface area (Å²) in [5, 5.41) is 0. The van der Waals surface area contributed by atoms with E-state index in [9.17, 15) is 14.4 Å². The second kappa shape index (κ2) is 10.7. The molecule has 3 aromatic carbocycles. The number of carbonyl (C=O) groups excluding carboxylic acids is 3. The number of ketones is 1. The van der Waals surface area contributed by atoms with Gasteiger partial charge in [0.05, 0.1) is 6.42 Å². The number of carbonyl (C=O) groups is 3. The molecule has 0 unspecified atom stereocenters. The number of hydrogen-bond acceptors (Lipinski definition) is 6. The Morgan fingerprint density at radius 3 is 2.14 bits per heavy atom. The Labute approximate surface area is 210 Å². The molecule has 0 spiro atoms. The molecule has 0 N–H and O–H groups in total. The van der Waals surface area contributed by atoms with Gasteiger partial charge < -0.3 is 14.4 Å². The normalized spacial score (nSPS) is 15.5. The predicted octanol–water partition coefficient (Wildman–Crippen LogP) is 4.26. The molecular formula is C29H28N2O5. The minimum Gasteiger partial charge on any atom is -0.436 e. The van der Waals surface area contributed by atoms with Crippen molar-refractivity contribution < 1.29 is 23.9 Å². The van der Waals surface area contributed by atoms with Crippen molar-refractivity contribution in [1.82, 2.24) is 9.80 Å². The van der Waals surface area contributed by atoms with E-state index in [1.165, 1.54) is 0 Å². The highest BCUT2D eigenvalue weighted by molar-refractivity contribution is 5.97. The number of Topliss-reactive ketones (excluding diaryl/α,β-unsaturated/α-hetero) is 1. The van der Waals surface area contributed by atoms with Crippen molar-refractivity contribution in [3.63, 3.8) is 0 Å². The van der Waals surface area contributed by atoms with E-state index in [-0.39, 0.29) is 24.3 Å². The monoisotopic (exact) mass is 484 g/mol. The van der Waals surface area contributed by atoms with Crippen LogP contribution in [-0.2, 0) is 16.0 Å². The second-order valence-corrected chi connectivity index (χ2v) is 9.06. The zero-order valence-corrected chi connectivity index (χ0v) is 20.0. The Bertz CT molecular complexity index is 1200. The maximum Gasteiger partial charge on any atom is 0.410 e. The van der Waals surface area contributed by atoms with E-state index in [0.29, 0.717) is 50.5 Å². The van der Waals surface area contributed by atoms with Crippen LogP contribution in [0.25, 0.3) is 0 Å². The van der Waals surface area contributed by atoms with Crippen molar-refractivity contribution in [2.75, 3.05) is 32.7 Å². The first-order valence-electron chi connectivity index (χ1n) is 12.2. The number of ether oxygens (including phenoxy) is 2. The molecular weight excluding hydrogens is 456 g/mol. The van der Waals surface area contributed by atoms with Gasteiger partial charge in [-0.3, -0.25) is 14.5 Å². The third kappa shape index (κ3) is 5.47. The lowest BCUT2D eigenvalue weighted by atomic mass is 10.0. The number of amides is 1. The van der Waals surface area contributed by atoms with E-state index in [1.807, 2.05) is 60.7 Å². The summed E-state index contributed by atoms with van der Waals surface area (Å²) in [4.78, 5) is 41.1. The van der Waals surface area contributed by atoms with Crippen molar-refractivity contribution >= 4 is 17.8 Å². The highest BCUT2D eigenvalue weighted by Crippen LogP contribution is 2.28. The molecule has 1 amide bonds. The molecule has 36 heavy (non-hydrogen) atoms. The molecule has 7 heteroatoms. The lowest BCUT2D eigenvalue weighted by Crippen LogP contribution is -2.49. The summed E-state index contributed by atoms with van der Waals surface area (Å²) >= 11 is 0. The van der Waals surface area contributed by atoms with Gasteiger partial charge in [-0.05, 0) is 17.2 Å². The number of esters is 1. The van der Waals surface area contributed by atoms with Gasteiger partial charge in [-0.15, -0.1) is 0 Å². The first kappa shape index (κ1) is 23.8. The molecule has 184 valence electrons. The predicted molar refractivity (Wildman–Crippen MR) is 134 cm³/mol. The van der Waals surface area contributed by atoms with Gasteiger partial charge in [-0.25, -0.2) is 4.79 Å². The molecule has 7 nitrogen and oxygen atoms in total. The lowest BCUT2D eigenvalue weighted by Gasteiger charge is -2.34. The van der Waals surface area contributed by atoms with Crippen molar-refractivity contribution in [3.8, 4) is 5.75 Å². The van der Waals surface area contributed by atoms with Crippen LogP contribution in [0.2, 0.25) is 0 Å². The topological polar surface area (TPSA) is 76.2 Å². The Morgan fingerprint density at radius 1 is 0.861 bits per heavy atom. The van der Waals surface area contributed by atoms with Crippen LogP contribution in [0.5, 0.6) is 5.75 Å². The van der Waals surface area contributed by atoms with Gasteiger partial charge >= 0.3 is 12.1 Å². The minimum atomic E-state index is -0.470. The molecule has 0 aliphatic carbocycles. The fraction of sp³-hybridized carbons (Fsp3) is 0.276. The van der Waals surface area contributed by atoms with E-state index >= 15 is 0 Å². The van der Waals surface area contributed by atoms with Crippen molar-refractivity contribution in [2.24, 2.45) is 0 Å². The molecule has 1 saturated heterocycles. The third-order valence-electron chi connectivity index (χ3n) is 6.66. The summed E-state index contributed by atoms with van der Waals surface area (Å²) in [6.45, 7) is 3.03. The van der Waals surface area contributed by atoms with E-state index in [0.717, 1.165) is 16.7 Å². The maximum atomic E-state index is 13.0. The molecule has 1 fully saturated rings. The van der Waals surface area contributed by atoms with Crippen LogP contribution in [0.3, 0.4) is 0 Å². The van der Waals surface area contributed by atoms with Crippen LogP contribution in [0.1, 0.15) is 39.6 Å². The number of rotatable bonds is 7. The number of benzene rings is 3. The van der Waals surface area contributed by atoms with E-state index in [2.05, 4.69) is 4.90 Å². The summed E-state index contributed by atoms with van der Waals surface area (Å²) < 4.78 is 11.1. The Hall–Kier alpha value is -3.97. The van der Waals surface area contributed by atoms with Crippen LogP contribution >= 0.6 is 0 Å². The number of nitrogens with zero attached hydrogens (tertiary/aromatic N) is 2. The van der Waals surface area contributed by atoms with Crippen LogP contribution in [0, 0.1) is 0 Å². The second-order valence-electron chi connectivity index (χ2n) is 9.06. The summed E-state index contributed by atoms with van der Waals surface area (Å²) in [5.74, 6) is 0.211. The Kier molecular flexibility index (Phi) is 7.09. The molecule has 2 aliphatic rings. The summed E-state index contributed by atoms with van der Waals surface area (Å²) in [6, 6.07) is 24.7. The van der Waals surface area contributed by atoms with Gasteiger partial charge in [0, 0.05) is 50.3 Å². The number of hydrogen-bond donors (Lipinski definition) is 0. The molecule has 0 bridgehead atoms. The van der Waals surface area contributed by atoms with Gasteiger partial charge in [-0.1, -0.05) is 72.8 Å². The van der Waals surface area contributed by atoms with Crippen molar-refractivity contribution in [3.05, 3.63) is 101 Å². The zero-order chi connectivity index (χ0) is 24.9. The molecule has 2 heterocycles. The standard InChI is InChI=1S/C29H28N2O5/c32-25(23-11-12-24-20-27(33)35-26(24)19-23)13-14-30-15-17-31(18-16-30)29(34)36-28(21-7-3-1-4-8-21)22-9-5-2-6-10-22/h1-12,19,28H,13-18,20H2. The Morgan fingerprint density at radius 2 is 1.50 bits per heavy atom. The van der Waals surface area contributed by atoms with E-state index in [4.69, 9.17) is 9.47 Å². The molecule has 0 radical (unpaired) electrons. The number of fused-ring (bicyclic) bond motifs is 1.